The SMILES string of the molecule is CCCC(CN)(CCC)N1CCc2ccccc21. The first-order chi connectivity index (χ1) is 8.77. The molecule has 0 amide bonds. The Morgan fingerprint density at radius 2 is 1.83 bits per heavy atom. The molecule has 0 radical (unpaired) electrons. The summed E-state index contributed by atoms with van der Waals surface area (Å²) in [6, 6.07) is 8.81. The lowest BCUT2D eigenvalue weighted by molar-refractivity contribution is 0.340. The Bertz CT molecular complexity index is 380. The number of hydrogen-bond acceptors (Lipinski definition) is 2. The van der Waals surface area contributed by atoms with Crippen LogP contribution < -0.4 is 10.6 Å². The quantitative estimate of drug-likeness (QED) is 0.834. The van der Waals surface area contributed by atoms with Gasteiger partial charge in [0, 0.05) is 18.8 Å². The van der Waals surface area contributed by atoms with E-state index in [0.717, 1.165) is 13.1 Å². The highest BCUT2D eigenvalue weighted by molar-refractivity contribution is 5.60. The van der Waals surface area contributed by atoms with Crippen molar-refractivity contribution in [3.05, 3.63) is 29.8 Å². The third kappa shape index (κ3) is 2.26. The van der Waals surface area contributed by atoms with E-state index in [1.165, 1.54) is 43.4 Å². The molecule has 0 aliphatic carbocycles. The van der Waals surface area contributed by atoms with Gasteiger partial charge >= 0.3 is 0 Å². The van der Waals surface area contributed by atoms with Crippen molar-refractivity contribution in [2.45, 2.75) is 51.5 Å². The van der Waals surface area contributed by atoms with E-state index < -0.39 is 0 Å². The third-order valence-electron chi connectivity index (χ3n) is 4.27. The summed E-state index contributed by atoms with van der Waals surface area (Å²) in [5.74, 6) is 0. The summed E-state index contributed by atoms with van der Waals surface area (Å²) < 4.78 is 0. The Balaban J connectivity index is 2.32. The van der Waals surface area contributed by atoms with E-state index in [1.54, 1.807) is 0 Å². The van der Waals surface area contributed by atoms with Gasteiger partial charge < -0.3 is 10.6 Å². The van der Waals surface area contributed by atoms with E-state index in [4.69, 9.17) is 5.73 Å². The van der Waals surface area contributed by atoms with Crippen LogP contribution in [0.25, 0.3) is 0 Å². The number of nitrogens with zero attached hydrogens (tertiary/aromatic N) is 1. The minimum absolute atomic E-state index is 0.177. The average molecular weight is 246 g/mol. The van der Waals surface area contributed by atoms with E-state index in [-0.39, 0.29) is 5.54 Å². The Labute approximate surface area is 111 Å². The van der Waals surface area contributed by atoms with E-state index in [9.17, 15) is 0 Å². The van der Waals surface area contributed by atoms with Crippen LogP contribution in [0.3, 0.4) is 0 Å². The number of anilines is 1. The molecule has 2 N–H and O–H groups in total. The van der Waals surface area contributed by atoms with Gasteiger partial charge in [-0.3, -0.25) is 0 Å². The molecule has 2 heteroatoms. The topological polar surface area (TPSA) is 29.3 Å². The summed E-state index contributed by atoms with van der Waals surface area (Å²) in [7, 11) is 0. The number of hydrogen-bond donors (Lipinski definition) is 1. The van der Waals surface area contributed by atoms with Crippen LogP contribution >= 0.6 is 0 Å². The fourth-order valence-electron chi connectivity index (χ4n) is 3.47. The van der Waals surface area contributed by atoms with Crippen molar-refractivity contribution < 1.29 is 0 Å². The normalized spacial score (nSPS) is 14.9. The molecule has 0 atom stereocenters. The molecule has 2 rings (SSSR count). The highest BCUT2D eigenvalue weighted by Crippen LogP contribution is 2.37. The predicted octanol–water partition coefficient (Wildman–Crippen LogP) is 3.35. The van der Waals surface area contributed by atoms with E-state index in [0.29, 0.717) is 0 Å². The second kappa shape index (κ2) is 5.75. The van der Waals surface area contributed by atoms with Gasteiger partial charge in [0.15, 0.2) is 0 Å². The zero-order valence-electron chi connectivity index (χ0n) is 11.8. The minimum Gasteiger partial charge on any atom is -0.364 e. The second-order valence-electron chi connectivity index (χ2n) is 5.46. The van der Waals surface area contributed by atoms with E-state index >= 15 is 0 Å². The zero-order chi connectivity index (χ0) is 13.0. The van der Waals surface area contributed by atoms with E-state index in [1.807, 2.05) is 0 Å². The first-order valence-electron chi connectivity index (χ1n) is 7.33. The molecule has 0 spiro atoms. The summed E-state index contributed by atoms with van der Waals surface area (Å²) in [5.41, 5.74) is 9.26. The predicted molar refractivity (Wildman–Crippen MR) is 79.1 cm³/mol. The zero-order valence-corrected chi connectivity index (χ0v) is 11.8. The van der Waals surface area contributed by atoms with Crippen molar-refractivity contribution in [2.75, 3.05) is 18.0 Å². The second-order valence-corrected chi connectivity index (χ2v) is 5.46. The molecule has 18 heavy (non-hydrogen) atoms. The summed E-state index contributed by atoms with van der Waals surface area (Å²) in [6.45, 7) is 6.43. The van der Waals surface area contributed by atoms with Gasteiger partial charge in [-0.2, -0.15) is 0 Å². The molecule has 0 unspecified atom stereocenters. The fourth-order valence-corrected chi connectivity index (χ4v) is 3.47. The molecule has 1 aromatic rings. The fraction of sp³-hybridized carbons (Fsp3) is 0.625. The first-order valence-corrected chi connectivity index (χ1v) is 7.33. The lowest BCUT2D eigenvalue weighted by Gasteiger charge is -2.43. The molecule has 0 aromatic heterocycles. The van der Waals surface area contributed by atoms with Gasteiger partial charge in [0.2, 0.25) is 0 Å². The Hall–Kier alpha value is -1.02. The molecule has 1 aliphatic heterocycles. The molecule has 0 fully saturated rings. The maximum Gasteiger partial charge on any atom is 0.0524 e. The van der Waals surface area contributed by atoms with Crippen LogP contribution in [0, 0.1) is 0 Å². The summed E-state index contributed by atoms with van der Waals surface area (Å²) in [5, 5.41) is 0. The number of rotatable bonds is 6. The molecule has 1 aliphatic rings. The van der Waals surface area contributed by atoms with Crippen LogP contribution in [0.1, 0.15) is 45.1 Å². The number of benzene rings is 1. The van der Waals surface area contributed by atoms with Crippen molar-refractivity contribution in [3.8, 4) is 0 Å². The van der Waals surface area contributed by atoms with Gasteiger partial charge in [0.25, 0.3) is 0 Å². The van der Waals surface area contributed by atoms with Crippen molar-refractivity contribution in [1.82, 2.24) is 0 Å². The number of fused-ring (bicyclic) bond motifs is 1. The smallest absolute Gasteiger partial charge is 0.0524 e. The van der Waals surface area contributed by atoms with Gasteiger partial charge in [0.05, 0.1) is 5.54 Å². The summed E-state index contributed by atoms with van der Waals surface area (Å²) in [4.78, 5) is 2.59. The molecule has 0 bridgehead atoms. The van der Waals surface area contributed by atoms with Gasteiger partial charge in [-0.05, 0) is 30.9 Å². The highest BCUT2D eigenvalue weighted by atomic mass is 15.2. The van der Waals surface area contributed by atoms with Crippen LogP contribution in [0.2, 0.25) is 0 Å². The summed E-state index contributed by atoms with van der Waals surface area (Å²) >= 11 is 0. The van der Waals surface area contributed by atoms with E-state index in [2.05, 4.69) is 43.0 Å². The van der Waals surface area contributed by atoms with Crippen molar-refractivity contribution in [3.63, 3.8) is 0 Å². The third-order valence-corrected chi connectivity index (χ3v) is 4.27. The molecule has 0 saturated heterocycles. The lowest BCUT2D eigenvalue weighted by atomic mass is 9.86. The average Bonchev–Trinajstić information content (AvgIpc) is 2.83. The Kier molecular flexibility index (Phi) is 4.28. The van der Waals surface area contributed by atoms with Crippen LogP contribution in [0.5, 0.6) is 0 Å². The number of nitrogens with two attached hydrogens (primary N) is 1. The van der Waals surface area contributed by atoms with Crippen LogP contribution in [-0.4, -0.2) is 18.6 Å². The molecule has 1 heterocycles. The highest BCUT2D eigenvalue weighted by Gasteiger charge is 2.37. The maximum absolute atomic E-state index is 6.18. The molecule has 0 saturated carbocycles. The first kappa shape index (κ1) is 13.4. The maximum atomic E-state index is 6.18. The van der Waals surface area contributed by atoms with Crippen LogP contribution in [-0.2, 0) is 6.42 Å². The van der Waals surface area contributed by atoms with Crippen molar-refractivity contribution in [2.24, 2.45) is 5.73 Å². The Morgan fingerprint density at radius 3 is 2.44 bits per heavy atom. The standard InChI is InChI=1S/C16H26N2/c1-3-10-16(13-17,11-4-2)18-12-9-14-7-5-6-8-15(14)18/h5-8H,3-4,9-13,17H2,1-2H3. The lowest BCUT2D eigenvalue weighted by Crippen LogP contribution is -2.53. The molecule has 100 valence electrons. The minimum atomic E-state index is 0.177. The molecular weight excluding hydrogens is 220 g/mol. The van der Waals surface area contributed by atoms with Gasteiger partial charge in [-0.1, -0.05) is 44.9 Å². The van der Waals surface area contributed by atoms with Crippen molar-refractivity contribution >= 4 is 5.69 Å². The molecule has 1 aromatic carbocycles. The molecule has 2 nitrogen and oxygen atoms in total. The largest absolute Gasteiger partial charge is 0.364 e. The monoisotopic (exact) mass is 246 g/mol. The van der Waals surface area contributed by atoms with Crippen molar-refractivity contribution in [1.29, 1.82) is 0 Å². The van der Waals surface area contributed by atoms with Gasteiger partial charge in [-0.25, -0.2) is 0 Å². The van der Waals surface area contributed by atoms with Crippen LogP contribution in [0.15, 0.2) is 24.3 Å². The molecular formula is C16H26N2. The summed E-state index contributed by atoms with van der Waals surface area (Å²) in [6.07, 6.45) is 5.98. The number of para-hydroxylation sites is 1. The van der Waals surface area contributed by atoms with Gasteiger partial charge in [-0.15, -0.1) is 0 Å². The Morgan fingerprint density at radius 1 is 1.17 bits per heavy atom. The van der Waals surface area contributed by atoms with Crippen LogP contribution in [0.4, 0.5) is 5.69 Å². The van der Waals surface area contributed by atoms with Gasteiger partial charge in [0.1, 0.15) is 0 Å².